The maximum Gasteiger partial charge on any atom is 0.255 e. The summed E-state index contributed by atoms with van der Waals surface area (Å²) < 4.78 is 11.0. The summed E-state index contributed by atoms with van der Waals surface area (Å²) >= 11 is 0. The Kier molecular flexibility index (Phi) is 6.49. The van der Waals surface area contributed by atoms with Gasteiger partial charge in [0, 0.05) is 6.54 Å². The Labute approximate surface area is 168 Å². The zero-order valence-corrected chi connectivity index (χ0v) is 16.2. The van der Waals surface area contributed by atoms with Crippen LogP contribution in [-0.4, -0.2) is 54.8 Å². The van der Waals surface area contributed by atoms with Crippen molar-refractivity contribution in [3.05, 3.63) is 53.1 Å². The predicted octanol–water partition coefficient (Wildman–Crippen LogP) is 3.10. The number of ether oxygens (including phenoxy) is 2. The van der Waals surface area contributed by atoms with Gasteiger partial charge < -0.3 is 19.5 Å². The summed E-state index contributed by atoms with van der Waals surface area (Å²) in [6.45, 7) is 0.722. The van der Waals surface area contributed by atoms with Crippen molar-refractivity contribution in [2.75, 3.05) is 20.3 Å². The SMILES string of the molecule is COc1cccc(C(=O)N2CCCC[C@H]2COc2cccc(O)c2C=O)c1C=O. The first-order valence-electron chi connectivity index (χ1n) is 9.43. The van der Waals surface area contributed by atoms with Crippen LogP contribution in [0.3, 0.4) is 0 Å². The highest BCUT2D eigenvalue weighted by atomic mass is 16.5. The van der Waals surface area contributed by atoms with Crippen LogP contribution in [0.2, 0.25) is 0 Å². The number of aldehydes is 2. The van der Waals surface area contributed by atoms with Gasteiger partial charge >= 0.3 is 0 Å². The molecule has 2 aromatic rings. The van der Waals surface area contributed by atoms with E-state index in [-0.39, 0.29) is 46.7 Å². The number of carbonyl (C=O) groups excluding carboxylic acids is 3. The van der Waals surface area contributed by atoms with E-state index in [0.717, 1.165) is 19.3 Å². The van der Waals surface area contributed by atoms with Crippen molar-refractivity contribution >= 4 is 18.5 Å². The van der Waals surface area contributed by atoms with Gasteiger partial charge in [-0.25, -0.2) is 0 Å². The number of aromatic hydroxyl groups is 1. The minimum absolute atomic E-state index is 0.0808. The third kappa shape index (κ3) is 4.23. The number of hydrogen-bond acceptors (Lipinski definition) is 6. The van der Waals surface area contributed by atoms with Crippen molar-refractivity contribution in [2.24, 2.45) is 0 Å². The Morgan fingerprint density at radius 3 is 2.55 bits per heavy atom. The fraction of sp³-hybridized carbons (Fsp3) is 0.318. The van der Waals surface area contributed by atoms with E-state index < -0.39 is 0 Å². The fourth-order valence-corrected chi connectivity index (χ4v) is 3.59. The summed E-state index contributed by atoms with van der Waals surface area (Å²) in [6, 6.07) is 9.32. The molecule has 1 aliphatic heterocycles. The number of likely N-dealkylation sites (tertiary alicyclic amines) is 1. The number of nitrogens with zero attached hydrogens (tertiary/aromatic N) is 1. The number of phenolic OH excluding ortho intramolecular Hbond substituents is 1. The zero-order valence-electron chi connectivity index (χ0n) is 16.2. The highest BCUT2D eigenvalue weighted by Crippen LogP contribution is 2.28. The molecular formula is C22H23NO6. The molecule has 0 spiro atoms. The molecule has 7 heteroatoms. The number of hydrogen-bond donors (Lipinski definition) is 1. The topological polar surface area (TPSA) is 93.1 Å². The minimum atomic E-state index is -0.259. The van der Waals surface area contributed by atoms with Crippen molar-refractivity contribution in [1.29, 1.82) is 0 Å². The Balaban J connectivity index is 1.82. The van der Waals surface area contributed by atoms with Crippen LogP contribution in [0.5, 0.6) is 17.2 Å². The van der Waals surface area contributed by atoms with E-state index in [2.05, 4.69) is 0 Å². The quantitative estimate of drug-likeness (QED) is 0.722. The van der Waals surface area contributed by atoms with E-state index in [4.69, 9.17) is 9.47 Å². The van der Waals surface area contributed by atoms with Crippen LogP contribution >= 0.6 is 0 Å². The molecule has 0 radical (unpaired) electrons. The maximum absolute atomic E-state index is 13.2. The smallest absolute Gasteiger partial charge is 0.255 e. The first-order chi connectivity index (χ1) is 14.1. The summed E-state index contributed by atoms with van der Waals surface area (Å²) in [5.74, 6) is 0.214. The lowest BCUT2D eigenvalue weighted by atomic mass is 9.99. The van der Waals surface area contributed by atoms with E-state index in [1.54, 1.807) is 35.2 Å². The number of piperidine rings is 1. The van der Waals surface area contributed by atoms with Gasteiger partial charge in [0.05, 0.1) is 29.8 Å². The first-order valence-corrected chi connectivity index (χ1v) is 9.43. The molecule has 1 fully saturated rings. The number of benzene rings is 2. The molecule has 29 heavy (non-hydrogen) atoms. The van der Waals surface area contributed by atoms with Crippen molar-refractivity contribution in [3.8, 4) is 17.2 Å². The molecule has 3 rings (SSSR count). The molecule has 1 saturated heterocycles. The lowest BCUT2D eigenvalue weighted by molar-refractivity contribution is 0.0524. The van der Waals surface area contributed by atoms with Crippen LogP contribution < -0.4 is 9.47 Å². The van der Waals surface area contributed by atoms with E-state index in [1.165, 1.54) is 13.2 Å². The number of methoxy groups -OCH3 is 1. The lowest BCUT2D eigenvalue weighted by Crippen LogP contribution is -2.47. The van der Waals surface area contributed by atoms with Gasteiger partial charge in [0.1, 0.15) is 23.9 Å². The monoisotopic (exact) mass is 397 g/mol. The van der Waals surface area contributed by atoms with Gasteiger partial charge in [-0.3, -0.25) is 14.4 Å². The molecule has 152 valence electrons. The molecular weight excluding hydrogens is 374 g/mol. The summed E-state index contributed by atoms with van der Waals surface area (Å²) in [5.41, 5.74) is 0.593. The molecule has 0 unspecified atom stereocenters. The second kappa shape index (κ2) is 9.23. The Hall–Kier alpha value is -3.35. The normalized spacial score (nSPS) is 16.2. The highest BCUT2D eigenvalue weighted by Gasteiger charge is 2.30. The largest absolute Gasteiger partial charge is 0.507 e. The van der Waals surface area contributed by atoms with E-state index in [1.807, 2.05) is 0 Å². The molecule has 1 heterocycles. The van der Waals surface area contributed by atoms with Gasteiger partial charge in [-0.2, -0.15) is 0 Å². The first kappa shape index (κ1) is 20.4. The van der Waals surface area contributed by atoms with Crippen LogP contribution in [0.4, 0.5) is 0 Å². The fourth-order valence-electron chi connectivity index (χ4n) is 3.59. The van der Waals surface area contributed by atoms with Crippen LogP contribution in [-0.2, 0) is 0 Å². The van der Waals surface area contributed by atoms with Crippen molar-refractivity contribution in [2.45, 2.75) is 25.3 Å². The minimum Gasteiger partial charge on any atom is -0.507 e. The summed E-state index contributed by atoms with van der Waals surface area (Å²) in [4.78, 5) is 37.7. The van der Waals surface area contributed by atoms with Crippen LogP contribution in [0, 0.1) is 0 Å². The van der Waals surface area contributed by atoms with E-state index in [0.29, 0.717) is 24.9 Å². The van der Waals surface area contributed by atoms with Gasteiger partial charge in [0.25, 0.3) is 5.91 Å². The number of carbonyl (C=O) groups is 3. The summed E-state index contributed by atoms with van der Waals surface area (Å²) in [7, 11) is 1.45. The molecule has 7 nitrogen and oxygen atoms in total. The zero-order chi connectivity index (χ0) is 20.8. The Morgan fingerprint density at radius 1 is 1.10 bits per heavy atom. The third-order valence-corrected chi connectivity index (χ3v) is 5.11. The molecule has 0 aliphatic carbocycles. The predicted molar refractivity (Wildman–Crippen MR) is 106 cm³/mol. The van der Waals surface area contributed by atoms with E-state index in [9.17, 15) is 19.5 Å². The number of rotatable bonds is 7. The third-order valence-electron chi connectivity index (χ3n) is 5.11. The van der Waals surface area contributed by atoms with Crippen LogP contribution in [0.25, 0.3) is 0 Å². The summed E-state index contributed by atoms with van der Waals surface area (Å²) in [5, 5.41) is 9.80. The van der Waals surface area contributed by atoms with Gasteiger partial charge in [-0.05, 0) is 43.5 Å². The Morgan fingerprint density at radius 2 is 1.83 bits per heavy atom. The molecule has 1 aliphatic rings. The number of phenols is 1. The lowest BCUT2D eigenvalue weighted by Gasteiger charge is -2.36. The van der Waals surface area contributed by atoms with Gasteiger partial charge in [0.2, 0.25) is 0 Å². The van der Waals surface area contributed by atoms with Gasteiger partial charge in [-0.15, -0.1) is 0 Å². The Bertz CT molecular complexity index is 910. The molecule has 0 saturated carbocycles. The molecule has 0 aromatic heterocycles. The second-order valence-electron chi connectivity index (χ2n) is 6.81. The van der Waals surface area contributed by atoms with Crippen molar-refractivity contribution in [3.63, 3.8) is 0 Å². The average molecular weight is 397 g/mol. The maximum atomic E-state index is 13.2. The van der Waals surface area contributed by atoms with Crippen LogP contribution in [0.1, 0.15) is 50.3 Å². The standard InChI is InChI=1S/C22H23NO6/c1-28-20-9-4-7-16(17(20)12-24)22(27)23-11-3-2-6-15(23)14-29-21-10-5-8-19(26)18(21)13-25/h4-5,7-10,12-13,15,26H,2-3,6,11,14H2,1H3/t15-/m0/s1. The van der Waals surface area contributed by atoms with Crippen molar-refractivity contribution in [1.82, 2.24) is 4.90 Å². The molecule has 0 bridgehead atoms. The second-order valence-corrected chi connectivity index (χ2v) is 6.81. The summed E-state index contributed by atoms with van der Waals surface area (Å²) in [6.07, 6.45) is 3.71. The van der Waals surface area contributed by atoms with Gasteiger partial charge in [0.15, 0.2) is 12.6 Å². The number of amides is 1. The highest BCUT2D eigenvalue weighted by molar-refractivity contribution is 6.03. The van der Waals surface area contributed by atoms with E-state index >= 15 is 0 Å². The van der Waals surface area contributed by atoms with Crippen molar-refractivity contribution < 1.29 is 29.0 Å². The molecule has 1 N–H and O–H groups in total. The molecule has 1 amide bonds. The average Bonchev–Trinajstić information content (AvgIpc) is 2.76. The van der Waals surface area contributed by atoms with Crippen LogP contribution in [0.15, 0.2) is 36.4 Å². The van der Waals surface area contributed by atoms with Gasteiger partial charge in [-0.1, -0.05) is 12.1 Å². The molecule has 2 aromatic carbocycles. The molecule has 1 atom stereocenters.